The van der Waals surface area contributed by atoms with Gasteiger partial charge >= 0.3 is 5.97 Å². The summed E-state index contributed by atoms with van der Waals surface area (Å²) >= 11 is 1.59. The summed E-state index contributed by atoms with van der Waals surface area (Å²) in [4.78, 5) is 46.1. The normalized spacial score (nSPS) is 17.6. The minimum atomic E-state index is -0.806. The monoisotopic (exact) mass is 654 g/mol. The number of hydrogen-bond donors (Lipinski definition) is 2. The van der Waals surface area contributed by atoms with Crippen LogP contribution < -0.4 is 10.1 Å². The molecule has 2 N–H and O–H groups in total. The van der Waals surface area contributed by atoms with E-state index in [1.165, 1.54) is 4.90 Å². The molecule has 46 heavy (non-hydrogen) atoms. The van der Waals surface area contributed by atoms with Crippen molar-refractivity contribution in [2.75, 3.05) is 19.8 Å². The summed E-state index contributed by atoms with van der Waals surface area (Å²) in [6, 6.07) is 8.76. The van der Waals surface area contributed by atoms with Crippen molar-refractivity contribution < 1.29 is 33.5 Å². The van der Waals surface area contributed by atoms with Gasteiger partial charge in [0.05, 0.1) is 41.3 Å². The first-order chi connectivity index (χ1) is 22.1. The number of carbonyl (C=O) groups excluding carboxylic acids is 3. The van der Waals surface area contributed by atoms with E-state index in [4.69, 9.17) is 14.0 Å². The molecule has 1 aliphatic heterocycles. The van der Waals surface area contributed by atoms with Crippen LogP contribution in [0.5, 0.6) is 5.88 Å². The van der Waals surface area contributed by atoms with Crippen LogP contribution in [-0.2, 0) is 25.7 Å². The van der Waals surface area contributed by atoms with Crippen molar-refractivity contribution in [3.8, 4) is 16.3 Å². The molecule has 11 nitrogen and oxygen atoms in total. The van der Waals surface area contributed by atoms with Crippen molar-refractivity contribution in [3.63, 3.8) is 0 Å². The number of unbranched alkanes of at least 4 members (excludes halogenated alkanes) is 1. The number of aryl methyl sites for hydroxylation is 1. The van der Waals surface area contributed by atoms with Crippen LogP contribution in [-0.4, -0.2) is 69.8 Å². The van der Waals surface area contributed by atoms with E-state index in [0.29, 0.717) is 25.5 Å². The first-order valence-electron chi connectivity index (χ1n) is 16.1. The number of aliphatic hydroxyl groups excluding tert-OH is 1. The van der Waals surface area contributed by atoms with E-state index in [2.05, 4.69) is 15.5 Å². The predicted molar refractivity (Wildman–Crippen MR) is 174 cm³/mol. The van der Waals surface area contributed by atoms with Gasteiger partial charge in [0.15, 0.2) is 5.76 Å². The highest BCUT2D eigenvalue weighted by Gasteiger charge is 2.43. The first kappa shape index (κ1) is 35.1. The number of hydrogen-bond acceptors (Lipinski definition) is 10. The third kappa shape index (κ3) is 8.94. The Morgan fingerprint density at radius 3 is 2.59 bits per heavy atom. The number of likely N-dealkylation sites (tertiary alicyclic amines) is 1. The van der Waals surface area contributed by atoms with Crippen LogP contribution in [0.3, 0.4) is 0 Å². The highest BCUT2D eigenvalue weighted by molar-refractivity contribution is 7.13. The Kier molecular flexibility index (Phi) is 12.7. The van der Waals surface area contributed by atoms with Crippen LogP contribution >= 0.6 is 11.3 Å². The summed E-state index contributed by atoms with van der Waals surface area (Å²) in [6.07, 6.45) is 2.33. The second kappa shape index (κ2) is 16.7. The van der Waals surface area contributed by atoms with Crippen molar-refractivity contribution >= 4 is 29.1 Å². The molecule has 0 radical (unpaired) electrons. The van der Waals surface area contributed by atoms with E-state index in [9.17, 15) is 19.5 Å². The Morgan fingerprint density at radius 2 is 1.93 bits per heavy atom. The lowest BCUT2D eigenvalue weighted by atomic mass is 9.91. The van der Waals surface area contributed by atoms with E-state index in [1.807, 2.05) is 57.5 Å². The first-order valence-corrected chi connectivity index (χ1v) is 17.0. The number of rotatable bonds is 16. The van der Waals surface area contributed by atoms with Crippen LogP contribution in [0.15, 0.2) is 40.4 Å². The van der Waals surface area contributed by atoms with Crippen LogP contribution in [0.2, 0.25) is 0 Å². The Bertz CT molecular complexity index is 1440. The topological polar surface area (TPSA) is 144 Å². The number of nitrogens with one attached hydrogen (secondary N) is 1. The molecule has 0 spiro atoms. The van der Waals surface area contributed by atoms with Crippen LogP contribution in [0.25, 0.3) is 10.4 Å². The van der Waals surface area contributed by atoms with Gasteiger partial charge < -0.3 is 29.3 Å². The summed E-state index contributed by atoms with van der Waals surface area (Å²) in [5.41, 5.74) is 4.80. The molecule has 4 rings (SSSR count). The number of thiazole rings is 1. The lowest BCUT2D eigenvalue weighted by Crippen LogP contribution is -2.48. The quantitative estimate of drug-likeness (QED) is 0.156. The van der Waals surface area contributed by atoms with Gasteiger partial charge in [-0.3, -0.25) is 14.4 Å². The van der Waals surface area contributed by atoms with Gasteiger partial charge in [-0.2, -0.15) is 0 Å². The smallest absolute Gasteiger partial charge is 0.308 e. The number of carbonyl (C=O) groups is 3. The van der Waals surface area contributed by atoms with E-state index >= 15 is 0 Å². The zero-order valence-corrected chi connectivity index (χ0v) is 28.2. The molecule has 0 bridgehead atoms. The maximum absolute atomic E-state index is 13.9. The van der Waals surface area contributed by atoms with Gasteiger partial charge in [-0.15, -0.1) is 11.3 Å². The maximum Gasteiger partial charge on any atom is 0.308 e. The Morgan fingerprint density at radius 1 is 1.17 bits per heavy atom. The van der Waals surface area contributed by atoms with Crippen molar-refractivity contribution in [3.05, 3.63) is 52.9 Å². The van der Waals surface area contributed by atoms with Crippen LogP contribution in [0.1, 0.15) is 82.7 Å². The second-order valence-electron chi connectivity index (χ2n) is 12.1. The lowest BCUT2D eigenvalue weighted by molar-refractivity contribution is -0.148. The number of nitrogens with zero attached hydrogens (tertiary/aromatic N) is 3. The van der Waals surface area contributed by atoms with E-state index in [0.717, 1.165) is 47.4 Å². The number of aliphatic hydroxyl groups is 1. The highest BCUT2D eigenvalue weighted by Crippen LogP contribution is 2.33. The summed E-state index contributed by atoms with van der Waals surface area (Å²) < 4.78 is 16.5. The Hall–Kier alpha value is -3.77. The molecule has 2 amide bonds. The zero-order chi connectivity index (χ0) is 33.2. The zero-order valence-electron chi connectivity index (χ0n) is 27.4. The van der Waals surface area contributed by atoms with Gasteiger partial charge in [0.25, 0.3) is 5.88 Å². The van der Waals surface area contributed by atoms with Gasteiger partial charge in [0, 0.05) is 25.6 Å². The van der Waals surface area contributed by atoms with Crippen molar-refractivity contribution in [2.24, 2.45) is 11.8 Å². The van der Waals surface area contributed by atoms with Crippen molar-refractivity contribution in [1.29, 1.82) is 0 Å². The predicted octanol–water partition coefficient (Wildman–Crippen LogP) is 5.26. The maximum atomic E-state index is 13.9. The summed E-state index contributed by atoms with van der Waals surface area (Å²) in [6.45, 7) is 10.7. The molecule has 1 aliphatic rings. The molecule has 2 unspecified atom stereocenters. The second-order valence-corrected chi connectivity index (χ2v) is 12.9. The van der Waals surface area contributed by atoms with Crippen LogP contribution in [0.4, 0.5) is 0 Å². The molecule has 12 heteroatoms. The Labute approximate surface area is 274 Å². The average molecular weight is 655 g/mol. The number of esters is 1. The molecular formula is C34H46N4O7S. The Balaban J connectivity index is 1.32. The minimum absolute atomic E-state index is 0.0606. The molecule has 0 aliphatic carbocycles. The van der Waals surface area contributed by atoms with Crippen molar-refractivity contribution in [2.45, 2.75) is 91.3 Å². The third-order valence-electron chi connectivity index (χ3n) is 8.35. The van der Waals surface area contributed by atoms with Gasteiger partial charge in [0.2, 0.25) is 11.8 Å². The summed E-state index contributed by atoms with van der Waals surface area (Å²) in [7, 11) is 0. The fraction of sp³-hybridized carbons (Fsp3) is 0.559. The molecule has 0 saturated carbocycles. The fourth-order valence-electron chi connectivity index (χ4n) is 5.78. The molecule has 250 valence electrons. The SMILES string of the molecule is CCOC(=O)C(CC)CCCCOc1cc(C(C(=O)N2C[C@H](O)C[C@H]2C(=O)NCc2ccc(-c3scnc3C)cc2)C(C)C)on1. The number of ether oxygens (including phenoxy) is 2. The summed E-state index contributed by atoms with van der Waals surface area (Å²) in [5, 5.41) is 17.4. The van der Waals surface area contributed by atoms with E-state index in [1.54, 1.807) is 24.3 Å². The lowest BCUT2D eigenvalue weighted by Gasteiger charge is -2.28. The number of β-amino-alcohol motifs (C(OH)–C–C–N with tert-alkyl or cyclic N) is 1. The fourth-order valence-corrected chi connectivity index (χ4v) is 6.60. The molecule has 3 aromatic rings. The molecule has 3 heterocycles. The number of amides is 2. The van der Waals surface area contributed by atoms with Gasteiger partial charge in [-0.25, -0.2) is 4.98 Å². The van der Waals surface area contributed by atoms with E-state index < -0.39 is 18.1 Å². The highest BCUT2D eigenvalue weighted by atomic mass is 32.1. The van der Waals surface area contributed by atoms with Gasteiger partial charge in [0.1, 0.15) is 12.0 Å². The molecule has 1 aromatic carbocycles. The van der Waals surface area contributed by atoms with Gasteiger partial charge in [-0.05, 0) is 61.7 Å². The van der Waals surface area contributed by atoms with Gasteiger partial charge in [-0.1, -0.05) is 45.0 Å². The molecule has 1 fully saturated rings. The average Bonchev–Trinajstić information content (AvgIpc) is 3.78. The number of benzene rings is 1. The largest absolute Gasteiger partial charge is 0.476 e. The number of aromatic nitrogens is 2. The van der Waals surface area contributed by atoms with Crippen molar-refractivity contribution in [1.82, 2.24) is 20.4 Å². The van der Waals surface area contributed by atoms with E-state index in [-0.39, 0.29) is 48.5 Å². The standard InChI is InChI=1S/C34H46N4O7S/c1-6-24(34(42)43-7-2)10-8-9-15-44-29-17-28(45-37-29)30(21(3)4)33(41)38-19-26(39)16-27(38)32(40)35-18-23-11-13-25(14-12-23)31-22(5)36-20-46-31/h11-14,17,20-21,24,26-27,30,39H,6-10,15-16,18-19H2,1-5H3,(H,35,40)/t24?,26-,27+,30?/m1/s1. The third-order valence-corrected chi connectivity index (χ3v) is 9.33. The minimum Gasteiger partial charge on any atom is -0.476 e. The van der Waals surface area contributed by atoms with Crippen LogP contribution in [0, 0.1) is 18.8 Å². The summed E-state index contributed by atoms with van der Waals surface area (Å²) in [5.74, 6) is -1.13. The molecule has 4 atom stereocenters. The molecule has 1 saturated heterocycles. The molecule has 2 aromatic heterocycles. The molecular weight excluding hydrogens is 608 g/mol.